The van der Waals surface area contributed by atoms with Crippen LogP contribution < -0.4 is 10.6 Å². The van der Waals surface area contributed by atoms with Gasteiger partial charge in [-0.05, 0) is 12.8 Å². The number of hydrogen-bond donors (Lipinski definition) is 2. The lowest BCUT2D eigenvalue weighted by molar-refractivity contribution is -0.142. The number of amides is 3. The number of nitrogens with zero attached hydrogens (tertiary/aromatic N) is 1. The molecular weight excluding hydrogens is 274 g/mol. The summed E-state index contributed by atoms with van der Waals surface area (Å²) in [5.74, 6) is -0.821. The van der Waals surface area contributed by atoms with Crippen LogP contribution in [0.4, 0.5) is 4.79 Å². The molecule has 7 nitrogen and oxygen atoms in total. The fourth-order valence-electron chi connectivity index (χ4n) is 2.37. The van der Waals surface area contributed by atoms with Gasteiger partial charge in [0.2, 0.25) is 5.91 Å². The van der Waals surface area contributed by atoms with Gasteiger partial charge in [0.05, 0.1) is 20.2 Å². The van der Waals surface area contributed by atoms with Crippen molar-refractivity contribution in [1.29, 1.82) is 0 Å². The molecule has 118 valence electrons. The molecule has 0 bridgehead atoms. The van der Waals surface area contributed by atoms with Crippen molar-refractivity contribution in [3.05, 3.63) is 12.7 Å². The highest BCUT2D eigenvalue weighted by Crippen LogP contribution is 2.23. The van der Waals surface area contributed by atoms with E-state index in [1.54, 1.807) is 4.90 Å². The third-order valence-electron chi connectivity index (χ3n) is 3.41. The Balaban J connectivity index is 2.50. The zero-order valence-electron chi connectivity index (χ0n) is 12.4. The molecule has 1 fully saturated rings. The van der Waals surface area contributed by atoms with Gasteiger partial charge < -0.3 is 10.1 Å². The highest BCUT2D eigenvalue weighted by atomic mass is 16.5. The molecule has 0 heterocycles. The van der Waals surface area contributed by atoms with Crippen LogP contribution >= 0.6 is 0 Å². The molecule has 0 spiro atoms. The van der Waals surface area contributed by atoms with Gasteiger partial charge in [0.25, 0.3) is 0 Å². The van der Waals surface area contributed by atoms with Gasteiger partial charge in [-0.1, -0.05) is 18.9 Å². The van der Waals surface area contributed by atoms with Crippen molar-refractivity contribution >= 4 is 17.9 Å². The van der Waals surface area contributed by atoms with Crippen LogP contribution in [0.25, 0.3) is 0 Å². The van der Waals surface area contributed by atoms with Crippen molar-refractivity contribution in [2.75, 3.05) is 26.7 Å². The van der Waals surface area contributed by atoms with E-state index >= 15 is 0 Å². The van der Waals surface area contributed by atoms with E-state index in [4.69, 9.17) is 0 Å². The Labute approximate surface area is 124 Å². The third-order valence-corrected chi connectivity index (χ3v) is 3.41. The van der Waals surface area contributed by atoms with Crippen molar-refractivity contribution in [2.24, 2.45) is 0 Å². The summed E-state index contributed by atoms with van der Waals surface area (Å²) in [6.07, 6.45) is 5.60. The number of esters is 1. The molecule has 0 aliphatic heterocycles. The van der Waals surface area contributed by atoms with E-state index in [0.717, 1.165) is 25.7 Å². The molecule has 7 heteroatoms. The van der Waals surface area contributed by atoms with Gasteiger partial charge in [-0.15, -0.1) is 6.58 Å². The number of hydrogen-bond acceptors (Lipinski definition) is 5. The van der Waals surface area contributed by atoms with Crippen LogP contribution in [0.1, 0.15) is 25.7 Å². The van der Waals surface area contributed by atoms with Gasteiger partial charge in [0, 0.05) is 12.6 Å². The van der Waals surface area contributed by atoms with Crippen molar-refractivity contribution in [2.45, 2.75) is 31.7 Å². The van der Waals surface area contributed by atoms with Crippen molar-refractivity contribution < 1.29 is 19.1 Å². The summed E-state index contributed by atoms with van der Waals surface area (Å²) in [5.41, 5.74) is 0. The van der Waals surface area contributed by atoms with Gasteiger partial charge in [-0.2, -0.15) is 0 Å². The van der Waals surface area contributed by atoms with Crippen molar-refractivity contribution in [3.63, 3.8) is 0 Å². The SMILES string of the molecule is C=CCNC(=O)NC(=O)CN(CC(=O)OC)C1CCCC1. The van der Waals surface area contributed by atoms with Gasteiger partial charge in [0.15, 0.2) is 0 Å². The standard InChI is InChI=1S/C14H23N3O4/c1-3-8-15-14(20)16-12(18)9-17(10-13(19)21-2)11-6-4-5-7-11/h3,11H,1,4-10H2,2H3,(H2,15,16,18,20). The minimum atomic E-state index is -0.565. The average molecular weight is 297 g/mol. The first kappa shape index (κ1) is 17.2. The smallest absolute Gasteiger partial charge is 0.321 e. The summed E-state index contributed by atoms with van der Waals surface area (Å²) >= 11 is 0. The molecular formula is C14H23N3O4. The largest absolute Gasteiger partial charge is 0.468 e. The van der Waals surface area contributed by atoms with E-state index in [-0.39, 0.29) is 31.6 Å². The Morgan fingerprint density at radius 3 is 2.52 bits per heavy atom. The number of imide groups is 1. The monoisotopic (exact) mass is 297 g/mol. The molecule has 1 saturated carbocycles. The predicted molar refractivity (Wildman–Crippen MR) is 77.6 cm³/mol. The second kappa shape index (κ2) is 9.12. The molecule has 1 rings (SSSR count). The molecule has 0 atom stereocenters. The van der Waals surface area contributed by atoms with Crippen LogP contribution in [0.5, 0.6) is 0 Å². The molecule has 1 aliphatic rings. The zero-order valence-corrected chi connectivity index (χ0v) is 12.4. The lowest BCUT2D eigenvalue weighted by Crippen LogP contribution is -2.48. The first-order valence-electron chi connectivity index (χ1n) is 7.06. The molecule has 0 saturated heterocycles. The van der Waals surface area contributed by atoms with Crippen LogP contribution in [0.3, 0.4) is 0 Å². The fraction of sp³-hybridized carbons (Fsp3) is 0.643. The van der Waals surface area contributed by atoms with Crippen LogP contribution in [-0.2, 0) is 14.3 Å². The summed E-state index contributed by atoms with van der Waals surface area (Å²) in [7, 11) is 1.32. The highest BCUT2D eigenvalue weighted by molar-refractivity contribution is 5.95. The first-order chi connectivity index (χ1) is 10.1. The van der Waals surface area contributed by atoms with Crippen molar-refractivity contribution in [3.8, 4) is 0 Å². The molecule has 3 amide bonds. The van der Waals surface area contributed by atoms with E-state index in [0.29, 0.717) is 0 Å². The number of methoxy groups -OCH3 is 1. The summed E-state index contributed by atoms with van der Waals surface area (Å²) in [6, 6.07) is -0.379. The Hall–Kier alpha value is -1.89. The number of ether oxygens (including phenoxy) is 1. The van der Waals surface area contributed by atoms with E-state index in [2.05, 4.69) is 21.9 Å². The van der Waals surface area contributed by atoms with Crippen LogP contribution in [-0.4, -0.2) is 55.6 Å². The van der Waals surface area contributed by atoms with Gasteiger partial charge >= 0.3 is 12.0 Å². The summed E-state index contributed by atoms with van der Waals surface area (Å²) in [4.78, 5) is 36.5. The number of carbonyl (C=O) groups is 3. The summed E-state index contributed by atoms with van der Waals surface area (Å²) in [5, 5.41) is 4.69. The zero-order chi connectivity index (χ0) is 15.7. The second-order valence-corrected chi connectivity index (χ2v) is 4.97. The van der Waals surface area contributed by atoms with Crippen LogP contribution in [0, 0.1) is 0 Å². The van der Waals surface area contributed by atoms with E-state index in [9.17, 15) is 14.4 Å². The second-order valence-electron chi connectivity index (χ2n) is 4.97. The number of rotatable bonds is 7. The molecule has 0 aromatic carbocycles. The minimum absolute atomic E-state index is 0.00127. The minimum Gasteiger partial charge on any atom is -0.468 e. The lowest BCUT2D eigenvalue weighted by atomic mass is 10.2. The maximum Gasteiger partial charge on any atom is 0.321 e. The first-order valence-corrected chi connectivity index (χ1v) is 7.06. The number of urea groups is 1. The Bertz CT molecular complexity index is 392. The summed E-state index contributed by atoms with van der Waals surface area (Å²) in [6.45, 7) is 3.81. The van der Waals surface area contributed by atoms with E-state index < -0.39 is 11.9 Å². The van der Waals surface area contributed by atoms with Crippen LogP contribution in [0.2, 0.25) is 0 Å². The maximum absolute atomic E-state index is 11.9. The molecule has 2 N–H and O–H groups in total. The average Bonchev–Trinajstić information content (AvgIpc) is 2.98. The Morgan fingerprint density at radius 1 is 1.29 bits per heavy atom. The number of nitrogens with one attached hydrogen (secondary N) is 2. The van der Waals surface area contributed by atoms with E-state index in [1.165, 1.54) is 13.2 Å². The Morgan fingerprint density at radius 2 is 1.95 bits per heavy atom. The van der Waals surface area contributed by atoms with Gasteiger partial charge in [-0.3, -0.25) is 19.8 Å². The normalized spacial score (nSPS) is 14.8. The Kier molecular flexibility index (Phi) is 7.45. The highest BCUT2D eigenvalue weighted by Gasteiger charge is 2.26. The fourth-order valence-corrected chi connectivity index (χ4v) is 2.37. The molecule has 21 heavy (non-hydrogen) atoms. The molecule has 0 radical (unpaired) electrons. The van der Waals surface area contributed by atoms with E-state index in [1.807, 2.05) is 0 Å². The lowest BCUT2D eigenvalue weighted by Gasteiger charge is -2.26. The van der Waals surface area contributed by atoms with Crippen LogP contribution in [0.15, 0.2) is 12.7 Å². The molecule has 0 aromatic rings. The molecule has 0 unspecified atom stereocenters. The quantitative estimate of drug-likeness (QED) is 0.525. The maximum atomic E-state index is 11.9. The van der Waals surface area contributed by atoms with Gasteiger partial charge in [-0.25, -0.2) is 4.79 Å². The predicted octanol–water partition coefficient (Wildman–Crippen LogP) is 0.416. The topological polar surface area (TPSA) is 87.7 Å². The number of carbonyl (C=O) groups excluding carboxylic acids is 3. The molecule has 1 aliphatic carbocycles. The third kappa shape index (κ3) is 6.40. The van der Waals surface area contributed by atoms with Gasteiger partial charge in [0.1, 0.15) is 0 Å². The summed E-state index contributed by atoms with van der Waals surface area (Å²) < 4.78 is 4.65. The van der Waals surface area contributed by atoms with Crippen molar-refractivity contribution in [1.82, 2.24) is 15.5 Å². The molecule has 0 aromatic heterocycles.